The molecule has 3 aromatic rings. The summed E-state index contributed by atoms with van der Waals surface area (Å²) in [5.74, 6) is 1.62. The molecule has 0 bridgehead atoms. The van der Waals surface area contributed by atoms with Crippen LogP contribution in [0, 0.1) is 0 Å². The Morgan fingerprint density at radius 2 is 1.72 bits per heavy atom. The van der Waals surface area contributed by atoms with Crippen LogP contribution in [0.15, 0.2) is 36.5 Å². The summed E-state index contributed by atoms with van der Waals surface area (Å²) >= 11 is 0. The number of hydrogen-bond donors (Lipinski definition) is 2. The maximum Gasteiger partial charge on any atom is 0.151 e. The Labute approximate surface area is 190 Å². The molecule has 5 rings (SSSR count). The van der Waals surface area contributed by atoms with Crippen LogP contribution in [0.25, 0.3) is 22.0 Å². The van der Waals surface area contributed by atoms with Crippen molar-refractivity contribution in [3.8, 4) is 17.0 Å². The number of rotatable bonds is 4. The minimum absolute atomic E-state index is 0.0677. The number of phenolic OH excluding ortho intramolecular Hbond substituents is 1. The van der Waals surface area contributed by atoms with Gasteiger partial charge in [-0.25, -0.2) is 0 Å². The highest BCUT2D eigenvalue weighted by molar-refractivity contribution is 5.91. The van der Waals surface area contributed by atoms with Crippen LogP contribution in [0.5, 0.6) is 5.75 Å². The van der Waals surface area contributed by atoms with Crippen LogP contribution < -0.4 is 10.2 Å². The molecule has 0 amide bonds. The second-order valence-electron chi connectivity index (χ2n) is 10.9. The van der Waals surface area contributed by atoms with Crippen molar-refractivity contribution < 1.29 is 5.11 Å². The van der Waals surface area contributed by atoms with Crippen molar-refractivity contribution in [2.24, 2.45) is 0 Å². The van der Waals surface area contributed by atoms with E-state index in [1.54, 1.807) is 0 Å². The van der Waals surface area contributed by atoms with Gasteiger partial charge in [-0.05, 0) is 89.1 Å². The molecule has 2 N–H and O–H groups in total. The van der Waals surface area contributed by atoms with Crippen LogP contribution in [-0.4, -0.2) is 44.5 Å². The third-order valence-corrected chi connectivity index (χ3v) is 6.88. The summed E-state index contributed by atoms with van der Waals surface area (Å²) in [6, 6.07) is 10.2. The quantitative estimate of drug-likeness (QED) is 0.604. The molecule has 32 heavy (non-hydrogen) atoms. The van der Waals surface area contributed by atoms with Gasteiger partial charge < -0.3 is 15.3 Å². The van der Waals surface area contributed by atoms with E-state index in [1.165, 1.54) is 12.8 Å². The highest BCUT2D eigenvalue weighted by Gasteiger charge is 2.39. The number of anilines is 1. The summed E-state index contributed by atoms with van der Waals surface area (Å²) in [7, 11) is 2.10. The highest BCUT2D eigenvalue weighted by atomic mass is 16.3. The fourth-order valence-corrected chi connectivity index (χ4v) is 5.51. The van der Waals surface area contributed by atoms with Crippen LogP contribution in [0.3, 0.4) is 0 Å². The van der Waals surface area contributed by atoms with Gasteiger partial charge in [0.2, 0.25) is 0 Å². The molecule has 1 aromatic carbocycles. The summed E-state index contributed by atoms with van der Waals surface area (Å²) in [6.07, 6.45) is 6.29. The number of aromatic nitrogens is 3. The number of piperidine rings is 1. The molecule has 2 aromatic heterocycles. The van der Waals surface area contributed by atoms with E-state index in [1.807, 2.05) is 36.5 Å². The van der Waals surface area contributed by atoms with Crippen molar-refractivity contribution in [1.82, 2.24) is 20.5 Å². The van der Waals surface area contributed by atoms with Gasteiger partial charge in [-0.1, -0.05) is 0 Å². The largest absolute Gasteiger partial charge is 0.507 e. The van der Waals surface area contributed by atoms with Crippen LogP contribution in [-0.2, 0) is 0 Å². The zero-order chi connectivity index (χ0) is 22.7. The van der Waals surface area contributed by atoms with E-state index >= 15 is 0 Å². The Bertz CT molecular complexity index is 1130. The van der Waals surface area contributed by atoms with Gasteiger partial charge in [0.05, 0.1) is 11.4 Å². The summed E-state index contributed by atoms with van der Waals surface area (Å²) < 4.78 is 0. The first-order chi connectivity index (χ1) is 15.1. The molecule has 0 radical (unpaired) electrons. The van der Waals surface area contributed by atoms with Crippen LogP contribution in [0.1, 0.15) is 65.0 Å². The monoisotopic (exact) mass is 431 g/mol. The third-order valence-electron chi connectivity index (χ3n) is 6.88. The Balaban J connectivity index is 1.44. The number of aromatic hydroxyl groups is 1. The van der Waals surface area contributed by atoms with Gasteiger partial charge in [0, 0.05) is 47.2 Å². The molecule has 0 unspecified atom stereocenters. The topological polar surface area (TPSA) is 74.2 Å². The maximum atomic E-state index is 10.7. The second-order valence-corrected chi connectivity index (χ2v) is 10.9. The van der Waals surface area contributed by atoms with Crippen molar-refractivity contribution in [2.45, 2.75) is 76.4 Å². The molecule has 6 heteroatoms. The zero-order valence-corrected chi connectivity index (χ0v) is 19.7. The predicted molar refractivity (Wildman–Crippen MR) is 129 cm³/mol. The molecular formula is C26H33N5O. The van der Waals surface area contributed by atoms with E-state index in [2.05, 4.69) is 60.1 Å². The van der Waals surface area contributed by atoms with E-state index in [9.17, 15) is 5.11 Å². The van der Waals surface area contributed by atoms with E-state index in [0.717, 1.165) is 35.1 Å². The normalized spacial score (nSPS) is 20.4. The Morgan fingerprint density at radius 3 is 2.34 bits per heavy atom. The molecular weight excluding hydrogens is 398 g/mol. The van der Waals surface area contributed by atoms with Gasteiger partial charge in [-0.15, -0.1) is 10.2 Å². The van der Waals surface area contributed by atoms with E-state index < -0.39 is 0 Å². The van der Waals surface area contributed by atoms with Crippen LogP contribution >= 0.6 is 0 Å². The average Bonchev–Trinajstić information content (AvgIpc) is 3.55. The SMILES string of the molecule is CN(c1ccc(-c2cc3c(C4CC4)nccc3cc2O)nn1)C1CC(C)(C)NC(C)(C)C1. The first-order valence-corrected chi connectivity index (χ1v) is 11.6. The Morgan fingerprint density at radius 1 is 1.00 bits per heavy atom. The lowest BCUT2D eigenvalue weighted by atomic mass is 9.79. The number of hydrogen-bond acceptors (Lipinski definition) is 6. The number of phenols is 1. The molecule has 3 heterocycles. The molecule has 2 aliphatic rings. The smallest absolute Gasteiger partial charge is 0.151 e. The molecule has 1 aliphatic heterocycles. The third kappa shape index (κ3) is 4.04. The molecule has 0 spiro atoms. The van der Waals surface area contributed by atoms with Gasteiger partial charge in [-0.2, -0.15) is 0 Å². The molecule has 1 saturated heterocycles. The van der Waals surface area contributed by atoms with Gasteiger partial charge in [0.15, 0.2) is 5.82 Å². The summed E-state index contributed by atoms with van der Waals surface area (Å²) in [4.78, 5) is 6.86. The minimum atomic E-state index is 0.0677. The molecule has 168 valence electrons. The van der Waals surface area contributed by atoms with Gasteiger partial charge in [0.25, 0.3) is 0 Å². The summed E-state index contributed by atoms with van der Waals surface area (Å²) in [5, 5.41) is 25.6. The fourth-order valence-electron chi connectivity index (χ4n) is 5.51. The van der Waals surface area contributed by atoms with Crippen molar-refractivity contribution in [2.75, 3.05) is 11.9 Å². The average molecular weight is 432 g/mol. The Hall–Kier alpha value is -2.73. The van der Waals surface area contributed by atoms with E-state index in [0.29, 0.717) is 23.2 Å². The highest BCUT2D eigenvalue weighted by Crippen LogP contribution is 2.43. The standard InChI is InChI=1S/C26H33N5O/c1-25(2)14-18(15-26(3,4)30-25)31(5)23-9-8-21(28-29-23)20-13-19-17(12-22(20)32)10-11-27-24(19)16-6-7-16/h8-13,16,18,30,32H,6-7,14-15H2,1-5H3. The molecule has 1 saturated carbocycles. The zero-order valence-electron chi connectivity index (χ0n) is 19.7. The van der Waals surface area contributed by atoms with E-state index in [4.69, 9.17) is 0 Å². The number of fused-ring (bicyclic) bond motifs is 1. The summed E-state index contributed by atoms with van der Waals surface area (Å²) in [6.45, 7) is 9.04. The predicted octanol–water partition coefficient (Wildman–Crippen LogP) is 5.02. The minimum Gasteiger partial charge on any atom is -0.507 e. The lowest BCUT2D eigenvalue weighted by molar-refractivity contribution is 0.160. The van der Waals surface area contributed by atoms with Gasteiger partial charge in [0.1, 0.15) is 5.75 Å². The molecule has 2 fully saturated rings. The number of benzene rings is 1. The van der Waals surface area contributed by atoms with Crippen molar-refractivity contribution in [3.05, 3.63) is 42.2 Å². The van der Waals surface area contributed by atoms with Crippen LogP contribution in [0.4, 0.5) is 5.82 Å². The van der Waals surface area contributed by atoms with E-state index in [-0.39, 0.29) is 16.8 Å². The first-order valence-electron chi connectivity index (χ1n) is 11.6. The van der Waals surface area contributed by atoms with Crippen molar-refractivity contribution in [3.63, 3.8) is 0 Å². The fraction of sp³-hybridized carbons (Fsp3) is 0.500. The second kappa shape index (κ2) is 7.41. The van der Waals surface area contributed by atoms with Crippen molar-refractivity contribution >= 4 is 16.6 Å². The number of nitrogens with zero attached hydrogens (tertiary/aromatic N) is 4. The summed E-state index contributed by atoms with van der Waals surface area (Å²) in [5.41, 5.74) is 2.65. The molecule has 6 nitrogen and oxygen atoms in total. The lowest BCUT2D eigenvalue weighted by Crippen LogP contribution is -2.62. The Kier molecular flexibility index (Phi) is 4.89. The first kappa shape index (κ1) is 21.1. The molecule has 0 atom stereocenters. The molecule has 1 aliphatic carbocycles. The van der Waals surface area contributed by atoms with Crippen LogP contribution in [0.2, 0.25) is 0 Å². The number of nitrogens with one attached hydrogen (secondary N) is 1. The lowest BCUT2D eigenvalue weighted by Gasteiger charge is -2.49. The number of pyridine rings is 1. The van der Waals surface area contributed by atoms with Gasteiger partial charge in [-0.3, -0.25) is 4.98 Å². The maximum absolute atomic E-state index is 10.7. The van der Waals surface area contributed by atoms with Crippen molar-refractivity contribution in [1.29, 1.82) is 0 Å². The van der Waals surface area contributed by atoms with Gasteiger partial charge >= 0.3 is 0 Å².